The fourth-order valence-electron chi connectivity index (χ4n) is 8.76. The summed E-state index contributed by atoms with van der Waals surface area (Å²) in [5.74, 6) is -5.59. The van der Waals surface area contributed by atoms with Crippen molar-refractivity contribution in [2.45, 2.75) is 193 Å². The van der Waals surface area contributed by atoms with Crippen LogP contribution >= 0.6 is 0 Å². The molecule has 18 atom stereocenters. The molecule has 0 bridgehead atoms. The molecule has 0 saturated carbocycles. The summed E-state index contributed by atoms with van der Waals surface area (Å²) in [6.45, 7) is 18.0. The topological polar surface area (TPSA) is 200 Å². The molecular formula is C40H71NO14. The van der Waals surface area contributed by atoms with Crippen LogP contribution in [0, 0.1) is 23.7 Å². The van der Waals surface area contributed by atoms with Crippen molar-refractivity contribution in [3.63, 3.8) is 0 Å². The number of Topliss-reactive ketones (excluding diaryl/α,β-unsaturated/α-hetero) is 1. The third kappa shape index (κ3) is 10.6. The van der Waals surface area contributed by atoms with Gasteiger partial charge in [-0.05, 0) is 74.9 Å². The summed E-state index contributed by atoms with van der Waals surface area (Å²) in [4.78, 5) is 42.9. The normalized spacial score (nSPS) is 46.9. The van der Waals surface area contributed by atoms with Crippen LogP contribution in [-0.2, 0) is 47.5 Å². The zero-order valence-electron chi connectivity index (χ0n) is 35.5. The van der Waals surface area contributed by atoms with Crippen molar-refractivity contribution < 1.29 is 68.0 Å². The number of carbonyl (C=O) groups is 3. The van der Waals surface area contributed by atoms with Gasteiger partial charge in [-0.15, -0.1) is 0 Å². The third-order valence-electron chi connectivity index (χ3n) is 12.4. The fourth-order valence-corrected chi connectivity index (χ4v) is 8.76. The molecule has 0 aromatic heterocycles. The largest absolute Gasteiger partial charge is 0.459 e. The number of likely N-dealkylation sites (N-methyl/N-ethyl adjacent to an activating group) is 1. The van der Waals surface area contributed by atoms with Gasteiger partial charge in [-0.25, -0.2) is 0 Å². The number of esters is 2. The van der Waals surface area contributed by atoms with E-state index in [0.29, 0.717) is 6.42 Å². The van der Waals surface area contributed by atoms with Crippen LogP contribution in [0.1, 0.15) is 108 Å². The van der Waals surface area contributed by atoms with Crippen LogP contribution in [0.2, 0.25) is 0 Å². The number of aliphatic hydroxyl groups excluding tert-OH is 2. The minimum Gasteiger partial charge on any atom is -0.459 e. The lowest BCUT2D eigenvalue weighted by atomic mass is 9.74. The minimum absolute atomic E-state index is 0.0760. The number of cyclic esters (lactones) is 1. The minimum atomic E-state index is -2.01. The molecule has 320 valence electrons. The average molecular weight is 790 g/mol. The van der Waals surface area contributed by atoms with E-state index in [-0.39, 0.29) is 37.8 Å². The van der Waals surface area contributed by atoms with Gasteiger partial charge in [-0.3, -0.25) is 14.4 Å². The van der Waals surface area contributed by atoms with E-state index in [1.807, 2.05) is 25.9 Å². The molecule has 3 heterocycles. The Balaban J connectivity index is 2.24. The number of hydrogen-bond donors (Lipinski definition) is 4. The predicted molar refractivity (Wildman–Crippen MR) is 200 cm³/mol. The number of methoxy groups -OCH3 is 1. The highest BCUT2D eigenvalue weighted by atomic mass is 16.7. The molecule has 3 saturated heterocycles. The summed E-state index contributed by atoms with van der Waals surface area (Å²) in [6.07, 6.45) is -9.68. The van der Waals surface area contributed by atoms with Gasteiger partial charge in [0.2, 0.25) is 0 Å². The molecule has 15 nitrogen and oxygen atoms in total. The van der Waals surface area contributed by atoms with Crippen LogP contribution in [0.25, 0.3) is 0 Å². The highest BCUT2D eigenvalue weighted by molar-refractivity contribution is 5.83. The first-order chi connectivity index (χ1) is 25.4. The first-order valence-electron chi connectivity index (χ1n) is 19.9. The van der Waals surface area contributed by atoms with Crippen LogP contribution in [0.15, 0.2) is 0 Å². The summed E-state index contributed by atoms with van der Waals surface area (Å²) in [5, 5.41) is 46.6. The maximum Gasteiger partial charge on any atom is 0.311 e. The number of hydrogen-bond acceptors (Lipinski definition) is 15. The zero-order chi connectivity index (χ0) is 42.0. The average Bonchev–Trinajstić information content (AvgIpc) is 3.11. The van der Waals surface area contributed by atoms with Crippen LogP contribution in [0.3, 0.4) is 0 Å². The second-order valence-corrected chi connectivity index (χ2v) is 17.3. The quantitative estimate of drug-likeness (QED) is 0.249. The van der Waals surface area contributed by atoms with Crippen LogP contribution in [0.5, 0.6) is 0 Å². The molecule has 3 fully saturated rings. The van der Waals surface area contributed by atoms with Gasteiger partial charge in [0.05, 0.1) is 53.7 Å². The fraction of sp³-hybridized carbons (Fsp3) is 0.925. The van der Waals surface area contributed by atoms with Crippen molar-refractivity contribution in [3.05, 3.63) is 0 Å². The molecule has 55 heavy (non-hydrogen) atoms. The standard InChI is InChI=1S/C40H71NO14/c1-15-27-40(11,48)33(44)22(5)30(43)20(3)18-38(9,47)35(55-37-32(53-28(42)16-2)26(41(12)13)17-21(4)50-37)23(6)31(24(7)36(46)52-27)54-29-19-39(10,49-14)34(45)25(8)51-29/h20-27,29,31-35,37,44-45,47-48H,15-19H2,1-14H3/t20-,21?,22?,23+,24-,25?,26+,27?,29?,31+,32-,33?,34+,35?,37+,38-,39-,40-/m1/s1. The maximum absolute atomic E-state index is 14.2. The monoisotopic (exact) mass is 789 g/mol. The predicted octanol–water partition coefficient (Wildman–Crippen LogP) is 2.75. The smallest absolute Gasteiger partial charge is 0.311 e. The van der Waals surface area contributed by atoms with E-state index in [2.05, 4.69) is 0 Å². The number of aliphatic hydroxyl groups is 4. The number of rotatable bonds is 9. The van der Waals surface area contributed by atoms with Crippen molar-refractivity contribution >= 4 is 17.7 Å². The molecule has 7 unspecified atom stereocenters. The van der Waals surface area contributed by atoms with Crippen LogP contribution in [-0.4, -0.2) is 149 Å². The first kappa shape index (κ1) is 47.6. The van der Waals surface area contributed by atoms with E-state index < -0.39 is 114 Å². The molecule has 3 aliphatic heterocycles. The second-order valence-electron chi connectivity index (χ2n) is 17.3. The maximum atomic E-state index is 14.2. The van der Waals surface area contributed by atoms with Crippen molar-refractivity contribution in [3.8, 4) is 0 Å². The molecule has 0 aliphatic carbocycles. The Morgan fingerprint density at radius 3 is 2.05 bits per heavy atom. The Labute approximate surface area is 327 Å². The molecule has 0 amide bonds. The molecular weight excluding hydrogens is 718 g/mol. The van der Waals surface area contributed by atoms with Gasteiger partial charge in [-0.2, -0.15) is 0 Å². The Hall–Kier alpha value is -1.79. The summed E-state index contributed by atoms with van der Waals surface area (Å²) in [7, 11) is 5.21. The van der Waals surface area contributed by atoms with E-state index in [1.165, 1.54) is 27.9 Å². The van der Waals surface area contributed by atoms with E-state index in [0.717, 1.165) is 0 Å². The molecule has 0 aromatic carbocycles. The van der Waals surface area contributed by atoms with Crippen molar-refractivity contribution in [2.24, 2.45) is 23.7 Å². The van der Waals surface area contributed by atoms with Gasteiger partial charge in [-0.1, -0.05) is 34.6 Å². The second kappa shape index (κ2) is 18.9. The first-order valence-corrected chi connectivity index (χ1v) is 19.9. The van der Waals surface area contributed by atoms with Gasteiger partial charge in [0.1, 0.15) is 23.6 Å². The Bertz CT molecular complexity index is 1290. The zero-order valence-corrected chi connectivity index (χ0v) is 35.5. The van der Waals surface area contributed by atoms with E-state index in [1.54, 1.807) is 48.5 Å². The van der Waals surface area contributed by atoms with E-state index in [4.69, 9.17) is 33.2 Å². The molecule has 0 radical (unpaired) electrons. The summed E-state index contributed by atoms with van der Waals surface area (Å²) in [5.41, 5.74) is -4.92. The van der Waals surface area contributed by atoms with Gasteiger partial charge >= 0.3 is 11.9 Å². The van der Waals surface area contributed by atoms with Gasteiger partial charge in [0, 0.05) is 37.7 Å². The lowest BCUT2D eigenvalue weighted by Gasteiger charge is -2.49. The molecule has 0 spiro atoms. The van der Waals surface area contributed by atoms with E-state index >= 15 is 0 Å². The molecule has 3 rings (SSSR count). The molecule has 0 aromatic rings. The highest BCUT2D eigenvalue weighted by Crippen LogP contribution is 2.41. The molecule has 15 heteroatoms. The number of ketones is 1. The molecule has 3 aliphatic rings. The van der Waals surface area contributed by atoms with Crippen molar-refractivity contribution in [2.75, 3.05) is 21.2 Å². The van der Waals surface area contributed by atoms with E-state index in [9.17, 15) is 34.8 Å². The number of nitrogens with zero attached hydrogens (tertiary/aromatic N) is 1. The third-order valence-corrected chi connectivity index (χ3v) is 12.4. The Morgan fingerprint density at radius 2 is 1.51 bits per heavy atom. The van der Waals surface area contributed by atoms with Gasteiger partial charge in [0.15, 0.2) is 18.7 Å². The van der Waals surface area contributed by atoms with Crippen LogP contribution < -0.4 is 0 Å². The number of carbonyl (C=O) groups excluding carboxylic acids is 3. The summed E-state index contributed by atoms with van der Waals surface area (Å²) >= 11 is 0. The molecule has 4 N–H and O–H groups in total. The van der Waals surface area contributed by atoms with Crippen molar-refractivity contribution in [1.29, 1.82) is 0 Å². The lowest BCUT2D eigenvalue weighted by Crippen LogP contribution is -2.61. The summed E-state index contributed by atoms with van der Waals surface area (Å²) in [6, 6.07) is -0.319. The van der Waals surface area contributed by atoms with Crippen LogP contribution in [0.4, 0.5) is 0 Å². The summed E-state index contributed by atoms with van der Waals surface area (Å²) < 4.78 is 43.6. The SMILES string of the molecule is CCC(=O)O[C@H]1[C@H](OC2[C@@H](C)[C@H](OC3C[C@@](C)(OC)[C@@H](O)C(C)O3)[C@@H](C)C(=O)OC(CC)[C@@](C)(O)C(O)C(C)C(=O)[C@H](C)C[C@@]2(C)O)OC(C)C[C@@H]1N(C)C. The Morgan fingerprint density at radius 1 is 0.891 bits per heavy atom. The Kier molecular flexibility index (Phi) is 16.3. The highest BCUT2D eigenvalue weighted by Gasteiger charge is 2.54. The number of ether oxygens (including phenoxy) is 7. The van der Waals surface area contributed by atoms with Gasteiger partial charge in [0.25, 0.3) is 0 Å². The lowest BCUT2D eigenvalue weighted by molar-refractivity contribution is -0.319. The van der Waals surface area contributed by atoms with Crippen molar-refractivity contribution in [1.82, 2.24) is 4.90 Å². The van der Waals surface area contributed by atoms with Gasteiger partial charge < -0.3 is 58.5 Å².